The van der Waals surface area contributed by atoms with Crippen molar-refractivity contribution in [2.45, 2.75) is 25.8 Å². The van der Waals surface area contributed by atoms with Crippen molar-refractivity contribution in [2.24, 2.45) is 11.7 Å². The fraction of sp³-hybridized carbons (Fsp3) is 0.714. The van der Waals surface area contributed by atoms with E-state index in [9.17, 15) is 0 Å². The van der Waals surface area contributed by atoms with Gasteiger partial charge in [0, 0.05) is 30.0 Å². The van der Waals surface area contributed by atoms with Gasteiger partial charge < -0.3 is 10.5 Å². The van der Waals surface area contributed by atoms with Crippen molar-refractivity contribution in [3.63, 3.8) is 0 Å². The van der Waals surface area contributed by atoms with Gasteiger partial charge in [-0.05, 0) is 50.9 Å². The maximum absolute atomic E-state index is 5.98. The molecule has 1 saturated heterocycles. The summed E-state index contributed by atoms with van der Waals surface area (Å²) in [5.74, 6) is 0.731. The van der Waals surface area contributed by atoms with Crippen LogP contribution in [0, 0.1) is 12.8 Å². The molecule has 1 aromatic heterocycles. The lowest BCUT2D eigenvalue weighted by Gasteiger charge is -2.36. The Hall–Kier alpha value is -0.420. The molecule has 0 bridgehead atoms. The standard InChI is InChI=1S/C14H24N2OS/c1-11-3-4-14(18-11)13(9-15)16-7-5-12(6-8-16)10-17-2/h3-4,12-13H,5-10,15H2,1-2H3. The Kier molecular flexibility index (Phi) is 5.18. The first-order valence-corrected chi connectivity index (χ1v) is 7.55. The van der Waals surface area contributed by atoms with E-state index < -0.39 is 0 Å². The number of piperidine rings is 1. The van der Waals surface area contributed by atoms with E-state index in [-0.39, 0.29) is 0 Å². The second-order valence-electron chi connectivity index (χ2n) is 5.13. The predicted molar refractivity (Wildman–Crippen MR) is 77.0 cm³/mol. The van der Waals surface area contributed by atoms with Crippen LogP contribution in [0.1, 0.15) is 28.6 Å². The van der Waals surface area contributed by atoms with Crippen molar-refractivity contribution in [3.05, 3.63) is 21.9 Å². The first-order valence-electron chi connectivity index (χ1n) is 6.74. The number of hydrogen-bond acceptors (Lipinski definition) is 4. The topological polar surface area (TPSA) is 38.5 Å². The van der Waals surface area contributed by atoms with Crippen molar-refractivity contribution < 1.29 is 4.74 Å². The normalized spacial score (nSPS) is 20.2. The fourth-order valence-corrected chi connectivity index (χ4v) is 3.77. The Morgan fingerprint density at radius 2 is 2.17 bits per heavy atom. The molecule has 1 aliphatic heterocycles. The van der Waals surface area contributed by atoms with E-state index in [1.54, 1.807) is 7.11 Å². The molecule has 1 atom stereocenters. The van der Waals surface area contributed by atoms with Gasteiger partial charge in [0.25, 0.3) is 0 Å². The van der Waals surface area contributed by atoms with Crippen LogP contribution >= 0.6 is 11.3 Å². The molecule has 0 amide bonds. The summed E-state index contributed by atoms with van der Waals surface area (Å²) in [6.45, 7) is 6.07. The molecule has 102 valence electrons. The number of likely N-dealkylation sites (tertiary alicyclic amines) is 1. The van der Waals surface area contributed by atoms with E-state index in [0.29, 0.717) is 6.04 Å². The minimum Gasteiger partial charge on any atom is -0.384 e. The van der Waals surface area contributed by atoms with E-state index in [1.165, 1.54) is 22.6 Å². The molecular weight excluding hydrogens is 244 g/mol. The average molecular weight is 268 g/mol. The largest absolute Gasteiger partial charge is 0.384 e. The molecule has 0 aliphatic carbocycles. The molecule has 1 aromatic rings. The zero-order valence-electron chi connectivity index (χ0n) is 11.4. The third-order valence-electron chi connectivity index (χ3n) is 3.81. The summed E-state index contributed by atoms with van der Waals surface area (Å²) in [6, 6.07) is 4.84. The maximum atomic E-state index is 5.98. The molecule has 18 heavy (non-hydrogen) atoms. The van der Waals surface area contributed by atoms with Crippen molar-refractivity contribution in [3.8, 4) is 0 Å². The van der Waals surface area contributed by atoms with E-state index in [0.717, 1.165) is 32.2 Å². The van der Waals surface area contributed by atoms with Crippen LogP contribution in [0.4, 0.5) is 0 Å². The maximum Gasteiger partial charge on any atom is 0.0564 e. The van der Waals surface area contributed by atoms with Gasteiger partial charge in [-0.1, -0.05) is 0 Å². The van der Waals surface area contributed by atoms with Crippen molar-refractivity contribution in [1.29, 1.82) is 0 Å². The van der Waals surface area contributed by atoms with Crippen LogP contribution in [0.15, 0.2) is 12.1 Å². The van der Waals surface area contributed by atoms with E-state index in [4.69, 9.17) is 10.5 Å². The van der Waals surface area contributed by atoms with Gasteiger partial charge in [0.15, 0.2) is 0 Å². The minimum atomic E-state index is 0.409. The lowest BCUT2D eigenvalue weighted by Crippen LogP contribution is -2.40. The van der Waals surface area contributed by atoms with Gasteiger partial charge in [0.1, 0.15) is 0 Å². The lowest BCUT2D eigenvalue weighted by atomic mass is 9.96. The summed E-state index contributed by atoms with van der Waals surface area (Å²) >= 11 is 1.88. The van der Waals surface area contributed by atoms with Crippen LogP contribution < -0.4 is 5.73 Å². The van der Waals surface area contributed by atoms with Crippen LogP contribution in [0.3, 0.4) is 0 Å². The second kappa shape index (κ2) is 6.66. The number of nitrogens with zero attached hydrogens (tertiary/aromatic N) is 1. The monoisotopic (exact) mass is 268 g/mol. The highest BCUT2D eigenvalue weighted by atomic mass is 32.1. The number of methoxy groups -OCH3 is 1. The van der Waals surface area contributed by atoms with Gasteiger partial charge in [-0.3, -0.25) is 4.90 Å². The number of nitrogens with two attached hydrogens (primary N) is 1. The number of thiophene rings is 1. The van der Waals surface area contributed by atoms with Crippen LogP contribution in [-0.4, -0.2) is 38.3 Å². The summed E-state index contributed by atoms with van der Waals surface area (Å²) in [4.78, 5) is 5.33. The second-order valence-corrected chi connectivity index (χ2v) is 6.45. The van der Waals surface area contributed by atoms with Crippen LogP contribution in [0.5, 0.6) is 0 Å². The van der Waals surface area contributed by atoms with Crippen molar-refractivity contribution in [2.75, 3.05) is 33.4 Å². The molecule has 0 saturated carbocycles. The van der Waals surface area contributed by atoms with Crippen LogP contribution in [-0.2, 0) is 4.74 Å². The Morgan fingerprint density at radius 1 is 1.44 bits per heavy atom. The molecule has 2 rings (SSSR count). The molecule has 3 nitrogen and oxygen atoms in total. The minimum absolute atomic E-state index is 0.409. The Morgan fingerprint density at radius 3 is 2.67 bits per heavy atom. The van der Waals surface area contributed by atoms with E-state index in [2.05, 4.69) is 24.0 Å². The Labute approximate surface area is 114 Å². The molecular formula is C14H24N2OS. The SMILES string of the molecule is COCC1CCN(C(CN)c2ccc(C)s2)CC1. The third kappa shape index (κ3) is 3.32. The number of rotatable bonds is 5. The summed E-state index contributed by atoms with van der Waals surface area (Å²) in [5, 5.41) is 0. The van der Waals surface area contributed by atoms with Gasteiger partial charge in [-0.15, -0.1) is 11.3 Å². The van der Waals surface area contributed by atoms with E-state index >= 15 is 0 Å². The summed E-state index contributed by atoms with van der Waals surface area (Å²) < 4.78 is 5.25. The van der Waals surface area contributed by atoms with Gasteiger partial charge in [0.05, 0.1) is 6.04 Å². The zero-order valence-corrected chi connectivity index (χ0v) is 12.2. The zero-order chi connectivity index (χ0) is 13.0. The van der Waals surface area contributed by atoms with Crippen molar-refractivity contribution in [1.82, 2.24) is 4.90 Å². The molecule has 1 aliphatic rings. The molecule has 0 radical (unpaired) electrons. The first kappa shape index (κ1) is 14.0. The Bertz CT molecular complexity index is 358. The summed E-state index contributed by atoms with van der Waals surface area (Å²) in [7, 11) is 1.80. The first-order chi connectivity index (χ1) is 8.74. The average Bonchev–Trinajstić information content (AvgIpc) is 2.79. The van der Waals surface area contributed by atoms with Crippen molar-refractivity contribution >= 4 is 11.3 Å². The fourth-order valence-electron chi connectivity index (χ4n) is 2.74. The van der Waals surface area contributed by atoms with Gasteiger partial charge in [-0.2, -0.15) is 0 Å². The van der Waals surface area contributed by atoms with E-state index in [1.807, 2.05) is 11.3 Å². The highest BCUT2D eigenvalue weighted by Gasteiger charge is 2.25. The van der Waals surface area contributed by atoms with Gasteiger partial charge in [0.2, 0.25) is 0 Å². The summed E-state index contributed by atoms with van der Waals surface area (Å²) in [6.07, 6.45) is 2.46. The molecule has 2 heterocycles. The van der Waals surface area contributed by atoms with Crippen LogP contribution in [0.2, 0.25) is 0 Å². The number of hydrogen-bond donors (Lipinski definition) is 1. The highest BCUT2D eigenvalue weighted by Crippen LogP contribution is 2.30. The molecule has 0 aromatic carbocycles. The predicted octanol–water partition coefficient (Wildman–Crippen LogP) is 2.41. The molecule has 1 fully saturated rings. The molecule has 1 unspecified atom stereocenters. The summed E-state index contributed by atoms with van der Waals surface area (Å²) in [5.41, 5.74) is 5.98. The number of ether oxygens (including phenoxy) is 1. The highest BCUT2D eigenvalue weighted by molar-refractivity contribution is 7.12. The molecule has 0 spiro atoms. The smallest absolute Gasteiger partial charge is 0.0564 e. The van der Waals surface area contributed by atoms with Crippen LogP contribution in [0.25, 0.3) is 0 Å². The Balaban J connectivity index is 1.94. The van der Waals surface area contributed by atoms with Gasteiger partial charge >= 0.3 is 0 Å². The lowest BCUT2D eigenvalue weighted by molar-refractivity contribution is 0.0818. The van der Waals surface area contributed by atoms with Gasteiger partial charge in [-0.25, -0.2) is 0 Å². The molecule has 4 heteroatoms. The number of aryl methyl sites for hydroxylation is 1. The third-order valence-corrected chi connectivity index (χ3v) is 4.91. The quantitative estimate of drug-likeness (QED) is 0.891. The molecule has 2 N–H and O–H groups in total.